The lowest BCUT2D eigenvalue weighted by Gasteiger charge is -2.06. The molecule has 0 aromatic heterocycles. The molecule has 7 heteroatoms. The van der Waals surface area contributed by atoms with Gasteiger partial charge in [0, 0.05) is 23.5 Å². The SMILES string of the molecule is N#C/C(=C/NCCc1ccccc1Cl)C(=O)Nc1ccc(C(=O)O)cc1. The zero-order valence-electron chi connectivity index (χ0n) is 13.7. The summed E-state index contributed by atoms with van der Waals surface area (Å²) in [5.41, 5.74) is 1.39. The minimum Gasteiger partial charge on any atom is -0.478 e. The third-order valence-electron chi connectivity index (χ3n) is 3.50. The first kappa shape index (κ1) is 19.0. The average molecular weight is 370 g/mol. The summed E-state index contributed by atoms with van der Waals surface area (Å²) in [5.74, 6) is -1.64. The van der Waals surface area contributed by atoms with Gasteiger partial charge in [0.2, 0.25) is 0 Å². The lowest BCUT2D eigenvalue weighted by Crippen LogP contribution is -2.18. The molecule has 0 heterocycles. The highest BCUT2D eigenvalue weighted by Crippen LogP contribution is 2.15. The molecule has 0 saturated carbocycles. The van der Waals surface area contributed by atoms with Crippen molar-refractivity contribution in [3.63, 3.8) is 0 Å². The van der Waals surface area contributed by atoms with Gasteiger partial charge in [-0.05, 0) is 42.3 Å². The van der Waals surface area contributed by atoms with Gasteiger partial charge in [0.15, 0.2) is 0 Å². The second-order valence-electron chi connectivity index (χ2n) is 5.30. The number of hydrogen-bond acceptors (Lipinski definition) is 4. The lowest BCUT2D eigenvalue weighted by molar-refractivity contribution is -0.112. The minimum atomic E-state index is -1.05. The molecule has 0 saturated heterocycles. The Labute approximate surface area is 155 Å². The Morgan fingerprint density at radius 1 is 1.15 bits per heavy atom. The van der Waals surface area contributed by atoms with E-state index in [9.17, 15) is 9.59 Å². The minimum absolute atomic E-state index is 0.0912. The standard InChI is InChI=1S/C19H16ClN3O3/c20-17-4-2-1-3-13(17)9-10-22-12-15(11-21)18(24)23-16-7-5-14(6-8-16)19(25)26/h1-8,12,22H,9-10H2,(H,23,24)(H,25,26)/b15-12-. The van der Waals surface area contributed by atoms with Crippen LogP contribution < -0.4 is 10.6 Å². The van der Waals surface area contributed by atoms with Crippen molar-refractivity contribution in [2.75, 3.05) is 11.9 Å². The van der Waals surface area contributed by atoms with Crippen LogP contribution in [0.2, 0.25) is 5.02 Å². The zero-order chi connectivity index (χ0) is 18.9. The third kappa shape index (κ3) is 5.36. The smallest absolute Gasteiger partial charge is 0.335 e. The topological polar surface area (TPSA) is 102 Å². The summed E-state index contributed by atoms with van der Waals surface area (Å²) in [6.45, 7) is 0.509. The van der Waals surface area contributed by atoms with E-state index < -0.39 is 11.9 Å². The molecule has 6 nitrogen and oxygen atoms in total. The van der Waals surface area contributed by atoms with E-state index in [4.69, 9.17) is 22.0 Å². The average Bonchev–Trinajstić information content (AvgIpc) is 2.63. The fourth-order valence-corrected chi connectivity index (χ4v) is 2.36. The lowest BCUT2D eigenvalue weighted by atomic mass is 10.1. The second-order valence-corrected chi connectivity index (χ2v) is 5.71. The molecule has 2 rings (SSSR count). The molecule has 0 aliphatic carbocycles. The van der Waals surface area contributed by atoms with Crippen LogP contribution in [0, 0.1) is 11.3 Å². The molecule has 2 aromatic rings. The van der Waals surface area contributed by atoms with Gasteiger partial charge in [-0.2, -0.15) is 5.26 Å². The van der Waals surface area contributed by atoms with Gasteiger partial charge >= 0.3 is 5.97 Å². The number of carbonyl (C=O) groups excluding carboxylic acids is 1. The van der Waals surface area contributed by atoms with E-state index in [0.29, 0.717) is 23.7 Å². The molecule has 132 valence electrons. The van der Waals surface area contributed by atoms with Crippen LogP contribution in [0.3, 0.4) is 0 Å². The molecular weight excluding hydrogens is 354 g/mol. The predicted octanol–water partition coefficient (Wildman–Crippen LogP) is 3.22. The number of carboxylic acid groups (broad SMARTS) is 1. The maximum atomic E-state index is 12.1. The second kappa shape index (κ2) is 9.25. The molecule has 2 aromatic carbocycles. The Bertz CT molecular complexity index is 870. The number of carbonyl (C=O) groups is 2. The van der Waals surface area contributed by atoms with Crippen LogP contribution in [0.4, 0.5) is 5.69 Å². The highest BCUT2D eigenvalue weighted by atomic mass is 35.5. The molecule has 1 amide bonds. The van der Waals surface area contributed by atoms with Gasteiger partial charge in [-0.25, -0.2) is 4.79 Å². The van der Waals surface area contributed by atoms with Crippen LogP contribution in [-0.4, -0.2) is 23.5 Å². The maximum absolute atomic E-state index is 12.1. The number of benzene rings is 2. The van der Waals surface area contributed by atoms with Crippen LogP contribution in [0.25, 0.3) is 0 Å². The fraction of sp³-hybridized carbons (Fsp3) is 0.105. The molecule has 0 aliphatic heterocycles. The zero-order valence-corrected chi connectivity index (χ0v) is 14.5. The highest BCUT2D eigenvalue weighted by molar-refractivity contribution is 6.31. The maximum Gasteiger partial charge on any atom is 0.335 e. The number of halogens is 1. The molecule has 26 heavy (non-hydrogen) atoms. The van der Waals surface area contributed by atoms with E-state index >= 15 is 0 Å². The van der Waals surface area contributed by atoms with Gasteiger partial charge in [-0.15, -0.1) is 0 Å². The van der Waals surface area contributed by atoms with Crippen LogP contribution >= 0.6 is 11.6 Å². The van der Waals surface area contributed by atoms with Crippen molar-refractivity contribution in [1.29, 1.82) is 5.26 Å². The van der Waals surface area contributed by atoms with Crippen molar-refractivity contribution in [2.24, 2.45) is 0 Å². The predicted molar refractivity (Wildman–Crippen MR) is 98.9 cm³/mol. The van der Waals surface area contributed by atoms with E-state index in [0.717, 1.165) is 5.56 Å². The quantitative estimate of drug-likeness (QED) is 0.395. The first-order chi connectivity index (χ1) is 12.5. The number of aromatic carboxylic acids is 1. The summed E-state index contributed by atoms with van der Waals surface area (Å²) in [6, 6.07) is 14.9. The molecule has 0 radical (unpaired) electrons. The molecule has 0 aliphatic rings. The molecule has 0 atom stereocenters. The number of nitrogens with one attached hydrogen (secondary N) is 2. The number of nitriles is 1. The van der Waals surface area contributed by atoms with E-state index in [1.807, 2.05) is 24.3 Å². The molecule has 0 spiro atoms. The van der Waals surface area contributed by atoms with Crippen molar-refractivity contribution in [3.05, 3.63) is 76.5 Å². The highest BCUT2D eigenvalue weighted by Gasteiger charge is 2.10. The normalized spacial score (nSPS) is 10.7. The Hall–Kier alpha value is -3.30. The van der Waals surface area contributed by atoms with Gasteiger partial charge in [0.25, 0.3) is 5.91 Å². The largest absolute Gasteiger partial charge is 0.478 e. The van der Waals surface area contributed by atoms with E-state index in [1.165, 1.54) is 30.5 Å². The third-order valence-corrected chi connectivity index (χ3v) is 3.87. The van der Waals surface area contributed by atoms with Gasteiger partial charge in [-0.1, -0.05) is 29.8 Å². The summed E-state index contributed by atoms with van der Waals surface area (Å²) >= 11 is 6.07. The van der Waals surface area contributed by atoms with E-state index in [2.05, 4.69) is 10.6 Å². The molecular formula is C19H16ClN3O3. The van der Waals surface area contributed by atoms with Gasteiger partial charge in [0.1, 0.15) is 11.6 Å². The molecule has 0 unspecified atom stereocenters. The van der Waals surface area contributed by atoms with E-state index in [-0.39, 0.29) is 11.1 Å². The Balaban J connectivity index is 1.91. The van der Waals surface area contributed by atoms with Crippen molar-refractivity contribution >= 4 is 29.2 Å². The van der Waals surface area contributed by atoms with Crippen molar-refractivity contribution in [1.82, 2.24) is 5.32 Å². The fourth-order valence-electron chi connectivity index (χ4n) is 2.13. The number of hydrogen-bond donors (Lipinski definition) is 3. The van der Waals surface area contributed by atoms with Crippen molar-refractivity contribution < 1.29 is 14.7 Å². The summed E-state index contributed by atoms with van der Waals surface area (Å²) in [7, 11) is 0. The number of carboxylic acids is 1. The van der Waals surface area contributed by atoms with Gasteiger partial charge < -0.3 is 15.7 Å². The first-order valence-corrected chi connectivity index (χ1v) is 8.11. The van der Waals surface area contributed by atoms with Gasteiger partial charge in [-0.3, -0.25) is 4.79 Å². The molecule has 0 bridgehead atoms. The summed E-state index contributed by atoms with van der Waals surface area (Å²) in [4.78, 5) is 22.9. The van der Waals surface area contributed by atoms with Crippen LogP contribution in [0.15, 0.2) is 60.3 Å². The van der Waals surface area contributed by atoms with E-state index in [1.54, 1.807) is 6.07 Å². The van der Waals surface area contributed by atoms with Crippen LogP contribution in [0.1, 0.15) is 15.9 Å². The Morgan fingerprint density at radius 3 is 2.46 bits per heavy atom. The first-order valence-electron chi connectivity index (χ1n) is 7.73. The Kier molecular flexibility index (Phi) is 6.77. The number of nitrogens with zero attached hydrogens (tertiary/aromatic N) is 1. The Morgan fingerprint density at radius 2 is 1.85 bits per heavy atom. The summed E-state index contributed by atoms with van der Waals surface area (Å²) in [6.07, 6.45) is 1.99. The van der Waals surface area contributed by atoms with Crippen molar-refractivity contribution in [3.8, 4) is 6.07 Å². The van der Waals surface area contributed by atoms with Gasteiger partial charge in [0.05, 0.1) is 5.56 Å². The summed E-state index contributed by atoms with van der Waals surface area (Å²) in [5, 5.41) is 24.1. The van der Waals surface area contributed by atoms with Crippen molar-refractivity contribution in [2.45, 2.75) is 6.42 Å². The number of amides is 1. The molecule has 3 N–H and O–H groups in total. The monoisotopic (exact) mass is 369 g/mol. The number of rotatable bonds is 7. The number of anilines is 1. The van der Waals surface area contributed by atoms with Crippen LogP contribution in [0.5, 0.6) is 0 Å². The van der Waals surface area contributed by atoms with Crippen LogP contribution in [-0.2, 0) is 11.2 Å². The summed E-state index contributed by atoms with van der Waals surface area (Å²) < 4.78 is 0. The molecule has 0 fully saturated rings.